The molecule has 8 nitrogen and oxygen atoms in total. The van der Waals surface area contributed by atoms with Crippen molar-refractivity contribution in [2.24, 2.45) is 0 Å². The fraction of sp³-hybridized carbons (Fsp3) is 0.263. The fourth-order valence-electron chi connectivity index (χ4n) is 3.20. The number of hydrogen-bond acceptors (Lipinski definition) is 6. The van der Waals surface area contributed by atoms with E-state index in [1.54, 1.807) is 22.9 Å². The summed E-state index contributed by atoms with van der Waals surface area (Å²) in [5, 5.41) is 7.46. The van der Waals surface area contributed by atoms with Gasteiger partial charge in [0.1, 0.15) is 0 Å². The number of methoxy groups -OCH3 is 2. The summed E-state index contributed by atoms with van der Waals surface area (Å²) in [4.78, 5) is 20.4. The lowest BCUT2D eigenvalue weighted by Gasteiger charge is -2.12. The highest BCUT2D eigenvalue weighted by molar-refractivity contribution is 5.94. The lowest BCUT2D eigenvalue weighted by atomic mass is 10.1. The van der Waals surface area contributed by atoms with Crippen molar-refractivity contribution < 1.29 is 18.7 Å². The van der Waals surface area contributed by atoms with E-state index in [0.29, 0.717) is 41.5 Å². The third kappa shape index (κ3) is 3.26. The van der Waals surface area contributed by atoms with Crippen molar-refractivity contribution in [3.05, 3.63) is 53.7 Å². The van der Waals surface area contributed by atoms with E-state index >= 15 is 0 Å². The van der Waals surface area contributed by atoms with Crippen LogP contribution >= 0.6 is 0 Å². The molecule has 0 spiro atoms. The number of pyridine rings is 2. The first-order chi connectivity index (χ1) is 13.6. The van der Waals surface area contributed by atoms with Crippen molar-refractivity contribution >= 4 is 5.91 Å². The number of nitrogens with one attached hydrogen (secondary N) is 1. The number of hydrogen-bond donors (Lipinski definition) is 1. The van der Waals surface area contributed by atoms with Gasteiger partial charge in [-0.2, -0.15) is 5.10 Å². The minimum atomic E-state index is -0.484. The Kier molecular flexibility index (Phi) is 4.64. The maximum atomic E-state index is 14.2. The molecule has 9 heteroatoms. The Hall–Kier alpha value is -3.49. The van der Waals surface area contributed by atoms with Gasteiger partial charge in [0.25, 0.3) is 5.91 Å². The number of rotatable bonds is 5. The van der Waals surface area contributed by atoms with Crippen LogP contribution in [0.2, 0.25) is 0 Å². The molecule has 1 aliphatic rings. The van der Waals surface area contributed by atoms with Crippen LogP contribution in [0, 0.1) is 5.82 Å². The average molecular weight is 383 g/mol. The topological polar surface area (TPSA) is 91.2 Å². The molecule has 0 fully saturated rings. The predicted octanol–water partition coefficient (Wildman–Crippen LogP) is 2.37. The maximum Gasteiger partial charge on any atom is 0.252 e. The van der Waals surface area contributed by atoms with Crippen LogP contribution in [0.4, 0.5) is 4.39 Å². The molecule has 0 aromatic carbocycles. The van der Waals surface area contributed by atoms with Gasteiger partial charge in [-0.15, -0.1) is 0 Å². The van der Waals surface area contributed by atoms with E-state index in [9.17, 15) is 9.18 Å². The van der Waals surface area contributed by atoms with Gasteiger partial charge in [-0.25, -0.2) is 14.4 Å². The molecule has 1 aliphatic heterocycles. The van der Waals surface area contributed by atoms with Gasteiger partial charge in [0.2, 0.25) is 11.8 Å². The lowest BCUT2D eigenvalue weighted by molar-refractivity contribution is 0.0936. The fourth-order valence-corrected chi connectivity index (χ4v) is 3.20. The molecule has 4 rings (SSSR count). The molecule has 0 aliphatic carbocycles. The summed E-state index contributed by atoms with van der Waals surface area (Å²) in [6.07, 6.45) is 3.33. The number of carbonyl (C=O) groups is 1. The van der Waals surface area contributed by atoms with E-state index in [1.807, 2.05) is 0 Å². The van der Waals surface area contributed by atoms with Crippen molar-refractivity contribution in [3.8, 4) is 23.0 Å². The summed E-state index contributed by atoms with van der Waals surface area (Å²) in [6.45, 7) is 0.629. The second-order valence-corrected chi connectivity index (χ2v) is 6.29. The molecule has 1 N–H and O–H groups in total. The highest BCUT2D eigenvalue weighted by Crippen LogP contribution is 2.32. The minimum absolute atomic E-state index is 0.222. The first kappa shape index (κ1) is 17.9. The van der Waals surface area contributed by atoms with E-state index in [4.69, 9.17) is 9.47 Å². The van der Waals surface area contributed by atoms with E-state index in [0.717, 1.165) is 11.9 Å². The smallest absolute Gasteiger partial charge is 0.252 e. The van der Waals surface area contributed by atoms with Gasteiger partial charge in [0, 0.05) is 36.0 Å². The first-order valence-corrected chi connectivity index (χ1v) is 8.67. The van der Waals surface area contributed by atoms with Gasteiger partial charge < -0.3 is 14.8 Å². The van der Waals surface area contributed by atoms with Gasteiger partial charge >= 0.3 is 0 Å². The average Bonchev–Trinajstić information content (AvgIpc) is 3.30. The standard InChI is InChI=1S/C19H18FN5O3/c1-27-17-7-11(3-5-21-17)19(26)23-14-4-6-25-16(14)9-15(24-25)12-8-18(28-2)22-10-13(12)20/h3,5,7-10,14H,4,6H2,1-2H3,(H,23,26)/t14-/m1/s1. The third-order valence-electron chi connectivity index (χ3n) is 4.62. The summed E-state index contributed by atoms with van der Waals surface area (Å²) >= 11 is 0. The van der Waals surface area contributed by atoms with Crippen LogP contribution in [0.25, 0.3) is 11.3 Å². The SMILES string of the molecule is COc1cc(C(=O)N[C@@H]2CCn3nc(-c4cc(OC)ncc4F)cc32)ccn1. The quantitative estimate of drug-likeness (QED) is 0.727. The van der Waals surface area contributed by atoms with Crippen LogP contribution in [0.5, 0.6) is 11.8 Å². The minimum Gasteiger partial charge on any atom is -0.481 e. The summed E-state index contributed by atoms with van der Waals surface area (Å²) in [7, 11) is 2.96. The lowest BCUT2D eigenvalue weighted by Crippen LogP contribution is -2.27. The second kappa shape index (κ2) is 7.26. The van der Waals surface area contributed by atoms with E-state index in [-0.39, 0.29) is 11.9 Å². The van der Waals surface area contributed by atoms with Crippen molar-refractivity contribution in [1.29, 1.82) is 0 Å². The Morgan fingerprint density at radius 2 is 2.00 bits per heavy atom. The molecule has 0 radical (unpaired) electrons. The van der Waals surface area contributed by atoms with Crippen molar-refractivity contribution in [2.75, 3.05) is 14.2 Å². The molecule has 0 unspecified atom stereocenters. The highest BCUT2D eigenvalue weighted by Gasteiger charge is 2.27. The van der Waals surface area contributed by atoms with E-state index in [1.165, 1.54) is 26.5 Å². The van der Waals surface area contributed by atoms with Crippen molar-refractivity contribution in [1.82, 2.24) is 25.1 Å². The Morgan fingerprint density at radius 3 is 2.79 bits per heavy atom. The summed E-state index contributed by atoms with van der Waals surface area (Å²) in [5.41, 5.74) is 2.05. The van der Waals surface area contributed by atoms with Crippen LogP contribution in [-0.4, -0.2) is 39.9 Å². The molecule has 28 heavy (non-hydrogen) atoms. The molecule has 1 amide bonds. The van der Waals surface area contributed by atoms with Crippen LogP contribution in [0.3, 0.4) is 0 Å². The Balaban J connectivity index is 1.57. The predicted molar refractivity (Wildman–Crippen MR) is 97.6 cm³/mol. The number of fused-ring (bicyclic) bond motifs is 1. The number of carbonyl (C=O) groups excluding carboxylic acids is 1. The first-order valence-electron chi connectivity index (χ1n) is 8.67. The highest BCUT2D eigenvalue weighted by atomic mass is 19.1. The summed E-state index contributed by atoms with van der Waals surface area (Å²) in [6, 6.07) is 6.26. The number of amides is 1. The van der Waals surface area contributed by atoms with E-state index < -0.39 is 5.82 Å². The van der Waals surface area contributed by atoms with Gasteiger partial charge in [0.05, 0.1) is 37.8 Å². The Bertz CT molecular complexity index is 1040. The largest absolute Gasteiger partial charge is 0.481 e. The second-order valence-electron chi connectivity index (χ2n) is 6.29. The number of aromatic nitrogens is 4. The number of aryl methyl sites for hydroxylation is 1. The zero-order valence-corrected chi connectivity index (χ0v) is 15.3. The number of ether oxygens (including phenoxy) is 2. The molecule has 0 saturated carbocycles. The van der Waals surface area contributed by atoms with Gasteiger partial charge in [-0.1, -0.05) is 0 Å². The summed E-state index contributed by atoms with van der Waals surface area (Å²) < 4.78 is 26.1. The molecule has 144 valence electrons. The van der Waals surface area contributed by atoms with Gasteiger partial charge in [0.15, 0.2) is 5.82 Å². The van der Waals surface area contributed by atoms with Crippen LogP contribution in [0.15, 0.2) is 36.7 Å². The van der Waals surface area contributed by atoms with Crippen molar-refractivity contribution in [2.45, 2.75) is 19.0 Å². The van der Waals surface area contributed by atoms with Gasteiger partial charge in [-0.3, -0.25) is 9.48 Å². The molecule has 4 heterocycles. The molecular formula is C19H18FN5O3. The Morgan fingerprint density at radius 1 is 1.21 bits per heavy atom. The van der Waals surface area contributed by atoms with Crippen LogP contribution in [0.1, 0.15) is 28.5 Å². The molecule has 3 aromatic heterocycles. The third-order valence-corrected chi connectivity index (χ3v) is 4.62. The number of halogens is 1. The zero-order chi connectivity index (χ0) is 19.7. The molecule has 3 aromatic rings. The number of nitrogens with zero attached hydrogens (tertiary/aromatic N) is 4. The molecular weight excluding hydrogens is 365 g/mol. The van der Waals surface area contributed by atoms with Gasteiger partial charge in [-0.05, 0) is 18.6 Å². The van der Waals surface area contributed by atoms with Crippen molar-refractivity contribution in [3.63, 3.8) is 0 Å². The Labute approximate surface area is 160 Å². The monoisotopic (exact) mass is 383 g/mol. The normalized spacial score (nSPS) is 15.2. The van der Waals surface area contributed by atoms with Crippen LogP contribution < -0.4 is 14.8 Å². The van der Waals surface area contributed by atoms with Crippen LogP contribution in [-0.2, 0) is 6.54 Å². The maximum absolute atomic E-state index is 14.2. The van der Waals surface area contributed by atoms with E-state index in [2.05, 4.69) is 20.4 Å². The summed E-state index contributed by atoms with van der Waals surface area (Å²) in [5.74, 6) is -0.0461. The molecule has 0 bridgehead atoms. The molecule has 1 atom stereocenters. The molecule has 0 saturated heterocycles. The zero-order valence-electron chi connectivity index (χ0n) is 15.3.